The molecule has 172 valence electrons. The third-order valence-corrected chi connectivity index (χ3v) is 8.05. The van der Waals surface area contributed by atoms with E-state index in [1.54, 1.807) is 6.07 Å². The average Bonchev–Trinajstić information content (AvgIpc) is 3.14. The molecule has 0 aliphatic carbocycles. The van der Waals surface area contributed by atoms with Crippen LogP contribution in [0.3, 0.4) is 0 Å². The fourth-order valence-corrected chi connectivity index (χ4v) is 5.91. The molecular formula is C23H29N3O5S. The minimum Gasteiger partial charge on any atom is -0.493 e. The summed E-state index contributed by atoms with van der Waals surface area (Å²) in [5, 5.41) is 0. The predicted octanol–water partition coefficient (Wildman–Crippen LogP) is 1.99. The molecule has 1 fully saturated rings. The number of nitrogens with zero attached hydrogens (tertiary/aromatic N) is 3. The number of rotatable bonds is 6. The monoisotopic (exact) mass is 459 g/mol. The molecule has 2 heterocycles. The second-order valence-electron chi connectivity index (χ2n) is 8.14. The van der Waals surface area contributed by atoms with Crippen LogP contribution in [0, 0.1) is 0 Å². The number of methoxy groups -OCH3 is 2. The summed E-state index contributed by atoms with van der Waals surface area (Å²) < 4.78 is 38.1. The van der Waals surface area contributed by atoms with E-state index in [1.807, 2.05) is 28.0 Å². The molecule has 0 aromatic heterocycles. The van der Waals surface area contributed by atoms with Gasteiger partial charge < -0.3 is 14.4 Å². The Morgan fingerprint density at radius 1 is 1.00 bits per heavy atom. The topological polar surface area (TPSA) is 79.4 Å². The lowest BCUT2D eigenvalue weighted by molar-refractivity contribution is -0.120. The first kappa shape index (κ1) is 22.6. The smallest absolute Gasteiger partial charge is 0.243 e. The highest BCUT2D eigenvalue weighted by Gasteiger charge is 2.34. The number of hydrogen-bond acceptors (Lipinski definition) is 6. The lowest BCUT2D eigenvalue weighted by atomic mass is 10.1. The molecule has 2 aromatic rings. The van der Waals surface area contributed by atoms with Crippen LogP contribution >= 0.6 is 0 Å². The molecule has 0 N–H and O–H groups in total. The van der Waals surface area contributed by atoms with E-state index >= 15 is 0 Å². The summed E-state index contributed by atoms with van der Waals surface area (Å²) in [4.78, 5) is 17.1. The van der Waals surface area contributed by atoms with Crippen molar-refractivity contribution in [1.29, 1.82) is 0 Å². The Morgan fingerprint density at radius 2 is 1.69 bits per heavy atom. The molecule has 1 amide bonds. The summed E-state index contributed by atoms with van der Waals surface area (Å²) in [7, 11) is -0.676. The van der Waals surface area contributed by atoms with Gasteiger partial charge in [0.05, 0.1) is 25.7 Å². The summed E-state index contributed by atoms with van der Waals surface area (Å²) in [6.45, 7) is 4.00. The number of benzene rings is 2. The number of ether oxygens (including phenoxy) is 2. The van der Waals surface area contributed by atoms with E-state index in [2.05, 4.69) is 13.0 Å². The summed E-state index contributed by atoms with van der Waals surface area (Å²) in [6, 6.07) is 12.7. The molecule has 32 heavy (non-hydrogen) atoms. The zero-order chi connectivity index (χ0) is 22.9. The second-order valence-corrected chi connectivity index (χ2v) is 10.1. The highest BCUT2D eigenvalue weighted by molar-refractivity contribution is 7.89. The molecule has 8 nitrogen and oxygen atoms in total. The third kappa shape index (κ3) is 4.20. The molecule has 1 saturated heterocycles. The van der Waals surface area contributed by atoms with E-state index in [0.29, 0.717) is 37.7 Å². The number of carbonyl (C=O) groups is 1. The Hall–Kier alpha value is -2.62. The zero-order valence-corrected chi connectivity index (χ0v) is 19.5. The van der Waals surface area contributed by atoms with Gasteiger partial charge in [-0.25, -0.2) is 8.42 Å². The van der Waals surface area contributed by atoms with Gasteiger partial charge in [0, 0.05) is 44.0 Å². The van der Waals surface area contributed by atoms with Gasteiger partial charge >= 0.3 is 0 Å². The molecule has 9 heteroatoms. The van der Waals surface area contributed by atoms with Crippen LogP contribution in [0.4, 0.5) is 5.69 Å². The highest BCUT2D eigenvalue weighted by Crippen LogP contribution is 2.33. The molecule has 0 unspecified atom stereocenters. The molecule has 2 aliphatic heterocycles. The number of hydrogen-bond donors (Lipinski definition) is 0. The maximum Gasteiger partial charge on any atom is 0.243 e. The number of para-hydroxylation sites is 1. The van der Waals surface area contributed by atoms with Crippen molar-refractivity contribution in [2.75, 3.05) is 51.8 Å². The van der Waals surface area contributed by atoms with E-state index in [0.717, 1.165) is 12.1 Å². The maximum atomic E-state index is 13.1. The van der Waals surface area contributed by atoms with E-state index in [4.69, 9.17) is 9.47 Å². The molecule has 2 aliphatic rings. The Labute approximate surface area is 189 Å². The fourth-order valence-electron chi connectivity index (χ4n) is 4.47. The predicted molar refractivity (Wildman–Crippen MR) is 122 cm³/mol. The highest BCUT2D eigenvalue weighted by atomic mass is 32.2. The number of fused-ring (bicyclic) bond motifs is 1. The quantitative estimate of drug-likeness (QED) is 0.657. The zero-order valence-electron chi connectivity index (χ0n) is 18.7. The Kier molecular flexibility index (Phi) is 6.41. The SMILES string of the molecule is COc1ccc(S(=O)(=O)N2CCN(CC(=O)N3c4ccccc4C[C@H]3C)CC2)cc1OC. The fraction of sp³-hybridized carbons (Fsp3) is 0.435. The molecule has 2 aromatic carbocycles. The standard InChI is InChI=1S/C23H29N3O5S/c1-17-14-18-6-4-5-7-20(18)26(17)23(27)16-24-10-12-25(13-11-24)32(28,29)19-8-9-21(30-2)22(15-19)31-3/h4-9,15,17H,10-14,16H2,1-3H3/t17-/m1/s1. The molecule has 1 atom stereocenters. The van der Waals surface area contributed by atoms with Crippen LogP contribution in [0.25, 0.3) is 0 Å². The van der Waals surface area contributed by atoms with E-state index in [9.17, 15) is 13.2 Å². The van der Waals surface area contributed by atoms with Crippen molar-refractivity contribution >= 4 is 21.6 Å². The number of piperazine rings is 1. The molecule has 0 radical (unpaired) electrons. The van der Waals surface area contributed by atoms with Gasteiger partial charge in [-0.15, -0.1) is 0 Å². The summed E-state index contributed by atoms with van der Waals surface area (Å²) >= 11 is 0. The van der Waals surface area contributed by atoms with Gasteiger partial charge in [-0.2, -0.15) is 4.31 Å². The lowest BCUT2D eigenvalue weighted by Gasteiger charge is -2.35. The summed E-state index contributed by atoms with van der Waals surface area (Å²) in [5.74, 6) is 0.906. The van der Waals surface area contributed by atoms with Crippen molar-refractivity contribution in [3.8, 4) is 11.5 Å². The minimum atomic E-state index is -3.66. The van der Waals surface area contributed by atoms with Crippen molar-refractivity contribution in [2.45, 2.75) is 24.3 Å². The second kappa shape index (κ2) is 9.09. The van der Waals surface area contributed by atoms with Gasteiger partial charge in [-0.05, 0) is 37.1 Å². The molecular weight excluding hydrogens is 430 g/mol. The van der Waals surface area contributed by atoms with Crippen LogP contribution in [0.5, 0.6) is 11.5 Å². The van der Waals surface area contributed by atoms with Gasteiger partial charge in [0.15, 0.2) is 11.5 Å². The van der Waals surface area contributed by atoms with Crippen molar-refractivity contribution < 1.29 is 22.7 Å². The normalized spacial score (nSPS) is 19.6. The van der Waals surface area contributed by atoms with Crippen molar-refractivity contribution in [3.05, 3.63) is 48.0 Å². The maximum absolute atomic E-state index is 13.1. The number of amides is 1. The molecule has 0 saturated carbocycles. The van der Waals surface area contributed by atoms with Gasteiger partial charge in [-0.1, -0.05) is 18.2 Å². The van der Waals surface area contributed by atoms with Crippen molar-refractivity contribution in [2.24, 2.45) is 0 Å². The van der Waals surface area contributed by atoms with Gasteiger partial charge in [-0.3, -0.25) is 9.69 Å². The van der Waals surface area contributed by atoms with Gasteiger partial charge in [0.2, 0.25) is 15.9 Å². The number of anilines is 1. The van der Waals surface area contributed by atoms with E-state index < -0.39 is 10.0 Å². The third-order valence-electron chi connectivity index (χ3n) is 6.16. The van der Waals surface area contributed by atoms with Gasteiger partial charge in [0.1, 0.15) is 0 Å². The molecule has 0 spiro atoms. The number of sulfonamides is 1. The van der Waals surface area contributed by atoms with Crippen molar-refractivity contribution in [3.63, 3.8) is 0 Å². The Morgan fingerprint density at radius 3 is 2.38 bits per heavy atom. The van der Waals surface area contributed by atoms with Crippen LogP contribution in [-0.2, 0) is 21.2 Å². The van der Waals surface area contributed by atoms with Crippen molar-refractivity contribution in [1.82, 2.24) is 9.21 Å². The first-order valence-corrected chi connectivity index (χ1v) is 12.1. The van der Waals surface area contributed by atoms with Crippen LogP contribution in [0.1, 0.15) is 12.5 Å². The Balaban J connectivity index is 1.39. The Bertz CT molecular complexity index is 1100. The minimum absolute atomic E-state index is 0.0543. The molecule has 0 bridgehead atoms. The summed E-state index contributed by atoms with van der Waals surface area (Å²) in [5.41, 5.74) is 2.18. The van der Waals surface area contributed by atoms with Crippen LogP contribution in [0.15, 0.2) is 47.4 Å². The van der Waals surface area contributed by atoms with E-state index in [1.165, 1.54) is 36.2 Å². The van der Waals surface area contributed by atoms with Crippen LogP contribution in [0.2, 0.25) is 0 Å². The average molecular weight is 460 g/mol. The lowest BCUT2D eigenvalue weighted by Crippen LogP contribution is -2.52. The van der Waals surface area contributed by atoms with Crippen LogP contribution < -0.4 is 14.4 Å². The first-order chi connectivity index (χ1) is 15.3. The van der Waals surface area contributed by atoms with E-state index in [-0.39, 0.29) is 23.4 Å². The first-order valence-electron chi connectivity index (χ1n) is 10.7. The van der Waals surface area contributed by atoms with Gasteiger partial charge in [0.25, 0.3) is 0 Å². The summed E-state index contributed by atoms with van der Waals surface area (Å²) in [6.07, 6.45) is 0.860. The largest absolute Gasteiger partial charge is 0.493 e. The van der Waals surface area contributed by atoms with Crippen LogP contribution in [-0.4, -0.2) is 76.5 Å². The molecule has 4 rings (SSSR count). The number of carbonyl (C=O) groups excluding carboxylic acids is 1.